The predicted octanol–water partition coefficient (Wildman–Crippen LogP) is 5.64. The number of nitrogens with one attached hydrogen (secondary N) is 1. The van der Waals surface area contributed by atoms with Crippen molar-refractivity contribution in [1.82, 2.24) is 15.0 Å². The first kappa shape index (κ1) is 19.3. The van der Waals surface area contributed by atoms with Gasteiger partial charge in [0, 0.05) is 16.8 Å². The molecule has 0 fully saturated rings. The second-order valence-electron chi connectivity index (χ2n) is 6.30. The molecule has 0 unspecified atom stereocenters. The lowest BCUT2D eigenvalue weighted by Crippen LogP contribution is -2.11. The Bertz CT molecular complexity index is 1210. The van der Waals surface area contributed by atoms with E-state index in [2.05, 4.69) is 20.3 Å². The second kappa shape index (κ2) is 8.14. The molecule has 0 saturated carbocycles. The Morgan fingerprint density at radius 2 is 2.07 bits per heavy atom. The van der Waals surface area contributed by atoms with Gasteiger partial charge in [0.15, 0.2) is 16.8 Å². The highest BCUT2D eigenvalue weighted by Crippen LogP contribution is 2.31. The van der Waals surface area contributed by atoms with Crippen LogP contribution in [0.5, 0.6) is 0 Å². The Balaban J connectivity index is 1.76. The molecule has 1 N–H and O–H groups in total. The fourth-order valence-electron chi connectivity index (χ4n) is 2.81. The van der Waals surface area contributed by atoms with Crippen LogP contribution in [0.15, 0.2) is 48.7 Å². The summed E-state index contributed by atoms with van der Waals surface area (Å²) >= 11 is 7.49. The molecule has 0 saturated heterocycles. The maximum absolute atomic E-state index is 12.4. The van der Waals surface area contributed by atoms with Gasteiger partial charge in [-0.05, 0) is 38.1 Å². The number of aryl methyl sites for hydroxylation is 1. The molecule has 0 aliphatic rings. The van der Waals surface area contributed by atoms with E-state index in [4.69, 9.17) is 16.3 Å². The van der Waals surface area contributed by atoms with Gasteiger partial charge in [-0.2, -0.15) is 0 Å². The predicted molar refractivity (Wildman–Crippen MR) is 116 cm³/mol. The number of esters is 1. The Hall–Kier alpha value is -3.03. The van der Waals surface area contributed by atoms with E-state index in [1.807, 2.05) is 43.3 Å². The number of hydrogen-bond acceptors (Lipinski definition) is 7. The van der Waals surface area contributed by atoms with E-state index in [9.17, 15) is 4.79 Å². The van der Waals surface area contributed by atoms with Crippen molar-refractivity contribution in [3.63, 3.8) is 0 Å². The summed E-state index contributed by atoms with van der Waals surface area (Å²) in [4.78, 5) is 25.9. The summed E-state index contributed by atoms with van der Waals surface area (Å²) in [6, 6.07) is 13.4. The number of aromatic nitrogens is 3. The monoisotopic (exact) mass is 424 g/mol. The number of benzene rings is 2. The first-order valence-corrected chi connectivity index (χ1v) is 10.2. The van der Waals surface area contributed by atoms with Gasteiger partial charge in [0.25, 0.3) is 0 Å². The number of rotatable bonds is 5. The first-order chi connectivity index (χ1) is 14.0. The fourth-order valence-corrected chi connectivity index (χ4v) is 3.95. The Kier molecular flexibility index (Phi) is 5.42. The summed E-state index contributed by atoms with van der Waals surface area (Å²) in [7, 11) is 0. The van der Waals surface area contributed by atoms with E-state index in [0.717, 1.165) is 21.3 Å². The number of carbonyl (C=O) groups excluding carboxylic acids is 1. The molecule has 4 rings (SSSR count). The summed E-state index contributed by atoms with van der Waals surface area (Å²) in [5.41, 5.74) is 3.02. The molecule has 0 amide bonds. The van der Waals surface area contributed by atoms with Crippen LogP contribution in [0.3, 0.4) is 0 Å². The zero-order chi connectivity index (χ0) is 20.4. The molecule has 6 nitrogen and oxygen atoms in total. The van der Waals surface area contributed by atoms with E-state index in [1.165, 1.54) is 17.5 Å². The Labute approximate surface area is 176 Å². The van der Waals surface area contributed by atoms with E-state index in [1.54, 1.807) is 13.0 Å². The summed E-state index contributed by atoms with van der Waals surface area (Å²) < 4.78 is 6.09. The zero-order valence-corrected chi connectivity index (χ0v) is 17.3. The number of halogens is 1. The highest BCUT2D eigenvalue weighted by molar-refractivity contribution is 7.22. The number of anilines is 2. The molecule has 8 heteroatoms. The summed E-state index contributed by atoms with van der Waals surface area (Å²) in [6.07, 6.45) is 1.48. The van der Waals surface area contributed by atoms with E-state index in [0.29, 0.717) is 21.8 Å². The third-order valence-electron chi connectivity index (χ3n) is 4.14. The van der Waals surface area contributed by atoms with E-state index < -0.39 is 5.97 Å². The maximum atomic E-state index is 12.4. The minimum atomic E-state index is -0.491. The lowest BCUT2D eigenvalue weighted by atomic mass is 10.1. The molecule has 0 atom stereocenters. The van der Waals surface area contributed by atoms with Crippen molar-refractivity contribution >= 4 is 50.1 Å². The van der Waals surface area contributed by atoms with Crippen LogP contribution in [0, 0.1) is 6.92 Å². The molecular formula is C21H17ClN4O2S. The first-order valence-electron chi connectivity index (χ1n) is 8.98. The third kappa shape index (κ3) is 4.21. The molecular weight excluding hydrogens is 408 g/mol. The summed E-state index contributed by atoms with van der Waals surface area (Å²) in [5.74, 6) is 0.364. The van der Waals surface area contributed by atoms with Gasteiger partial charge in [-0.3, -0.25) is 0 Å². The number of nitrogens with zero attached hydrogens (tertiary/aromatic N) is 3. The van der Waals surface area contributed by atoms with Crippen LogP contribution in [0.2, 0.25) is 5.02 Å². The molecule has 0 spiro atoms. The van der Waals surface area contributed by atoms with Gasteiger partial charge in [0.05, 0.1) is 16.8 Å². The van der Waals surface area contributed by atoms with Crippen molar-refractivity contribution in [2.75, 3.05) is 11.9 Å². The van der Waals surface area contributed by atoms with Gasteiger partial charge in [0.1, 0.15) is 5.56 Å². The molecule has 4 aromatic rings. The maximum Gasteiger partial charge on any atom is 0.343 e. The molecule has 29 heavy (non-hydrogen) atoms. The van der Waals surface area contributed by atoms with Gasteiger partial charge in [-0.15, -0.1) is 0 Å². The van der Waals surface area contributed by atoms with E-state index >= 15 is 0 Å². The lowest BCUT2D eigenvalue weighted by molar-refractivity contribution is 0.0526. The van der Waals surface area contributed by atoms with Crippen molar-refractivity contribution in [1.29, 1.82) is 0 Å². The molecule has 0 aliphatic heterocycles. The van der Waals surface area contributed by atoms with Gasteiger partial charge >= 0.3 is 5.97 Å². The van der Waals surface area contributed by atoms with Gasteiger partial charge in [-0.25, -0.2) is 19.7 Å². The van der Waals surface area contributed by atoms with Crippen LogP contribution >= 0.6 is 22.9 Å². The molecule has 2 heterocycles. The van der Waals surface area contributed by atoms with Crippen molar-refractivity contribution in [3.05, 3.63) is 64.8 Å². The number of hydrogen-bond donors (Lipinski definition) is 1. The summed E-state index contributed by atoms with van der Waals surface area (Å²) in [6.45, 7) is 4.02. The van der Waals surface area contributed by atoms with Gasteiger partial charge < -0.3 is 10.1 Å². The van der Waals surface area contributed by atoms with E-state index in [-0.39, 0.29) is 12.2 Å². The normalized spacial score (nSPS) is 10.9. The Morgan fingerprint density at radius 3 is 2.86 bits per heavy atom. The molecule has 0 bridgehead atoms. The smallest absolute Gasteiger partial charge is 0.343 e. The van der Waals surface area contributed by atoms with Gasteiger partial charge in [0.2, 0.25) is 0 Å². The highest BCUT2D eigenvalue weighted by atomic mass is 35.5. The average molecular weight is 425 g/mol. The van der Waals surface area contributed by atoms with Crippen LogP contribution in [-0.4, -0.2) is 27.5 Å². The van der Waals surface area contributed by atoms with Crippen molar-refractivity contribution < 1.29 is 9.53 Å². The number of carbonyl (C=O) groups is 1. The topological polar surface area (TPSA) is 77.0 Å². The third-order valence-corrected chi connectivity index (χ3v) is 5.30. The standard InChI is InChI=1S/C21H17ClN4O2S/c1-3-28-20(27)15-11-23-18(13-6-4-5-12(2)9-13)25-19(15)26-21-24-16-8-7-14(22)10-17(16)29-21/h4-11H,3H2,1-2H3,(H,23,24,25,26). The molecule has 146 valence electrons. The number of ether oxygens (including phenoxy) is 1. The lowest BCUT2D eigenvalue weighted by Gasteiger charge is -2.10. The van der Waals surface area contributed by atoms with Crippen LogP contribution in [0.4, 0.5) is 10.9 Å². The number of fused-ring (bicyclic) bond motifs is 1. The molecule has 2 aromatic carbocycles. The fraction of sp³-hybridized carbons (Fsp3) is 0.143. The SMILES string of the molecule is CCOC(=O)c1cnc(-c2cccc(C)c2)nc1Nc1nc2ccc(Cl)cc2s1. The Morgan fingerprint density at radius 1 is 1.21 bits per heavy atom. The van der Waals surface area contributed by atoms with Crippen molar-refractivity contribution in [3.8, 4) is 11.4 Å². The van der Waals surface area contributed by atoms with Crippen LogP contribution in [-0.2, 0) is 4.74 Å². The van der Waals surface area contributed by atoms with Gasteiger partial charge in [-0.1, -0.05) is 46.7 Å². The minimum absolute atomic E-state index is 0.251. The largest absolute Gasteiger partial charge is 0.462 e. The zero-order valence-electron chi connectivity index (χ0n) is 15.8. The number of thiazole rings is 1. The van der Waals surface area contributed by atoms with Crippen molar-refractivity contribution in [2.45, 2.75) is 13.8 Å². The average Bonchev–Trinajstić information content (AvgIpc) is 3.09. The molecule has 0 radical (unpaired) electrons. The van der Waals surface area contributed by atoms with Crippen LogP contribution in [0.1, 0.15) is 22.8 Å². The highest BCUT2D eigenvalue weighted by Gasteiger charge is 2.18. The summed E-state index contributed by atoms with van der Waals surface area (Å²) in [5, 5.41) is 4.40. The quantitative estimate of drug-likeness (QED) is 0.418. The van der Waals surface area contributed by atoms with Crippen LogP contribution < -0.4 is 5.32 Å². The van der Waals surface area contributed by atoms with Crippen LogP contribution in [0.25, 0.3) is 21.6 Å². The van der Waals surface area contributed by atoms with Crippen molar-refractivity contribution in [2.24, 2.45) is 0 Å². The molecule has 0 aliphatic carbocycles. The second-order valence-corrected chi connectivity index (χ2v) is 7.77. The molecule has 2 aromatic heterocycles. The minimum Gasteiger partial charge on any atom is -0.462 e.